The maximum absolute atomic E-state index is 5.04. The quantitative estimate of drug-likeness (QED) is 0.224. The molecule has 0 amide bonds. The lowest BCUT2D eigenvalue weighted by Crippen LogP contribution is -2.00. The van der Waals surface area contributed by atoms with E-state index in [1.165, 1.54) is 53.2 Å². The van der Waals surface area contributed by atoms with Crippen LogP contribution in [0.5, 0.6) is 0 Å². The van der Waals surface area contributed by atoms with Crippen LogP contribution in [0.25, 0.3) is 87.4 Å². The van der Waals surface area contributed by atoms with Gasteiger partial charge in [-0.15, -0.1) is 11.3 Å². The molecule has 41 heavy (non-hydrogen) atoms. The Labute approximate surface area is 240 Å². The van der Waals surface area contributed by atoms with Crippen LogP contribution in [-0.2, 0) is 0 Å². The van der Waals surface area contributed by atoms with Gasteiger partial charge in [0.25, 0.3) is 0 Å². The number of benzene rings is 6. The van der Waals surface area contributed by atoms with Crippen molar-refractivity contribution in [3.63, 3.8) is 0 Å². The molecule has 0 bridgehead atoms. The molecule has 4 heteroatoms. The van der Waals surface area contributed by atoms with Crippen molar-refractivity contribution in [3.8, 4) is 56.4 Å². The van der Waals surface area contributed by atoms with Crippen LogP contribution >= 0.6 is 11.3 Å². The first-order valence-corrected chi connectivity index (χ1v) is 14.5. The van der Waals surface area contributed by atoms with Crippen molar-refractivity contribution >= 4 is 42.3 Å². The molecule has 9 rings (SSSR count). The third-order valence-electron chi connectivity index (χ3n) is 8.07. The summed E-state index contributed by atoms with van der Waals surface area (Å²) in [5, 5.41) is 5.20. The molecule has 2 aromatic heterocycles. The highest BCUT2D eigenvalue weighted by Gasteiger charge is 2.24. The molecule has 3 nitrogen and oxygen atoms in total. The van der Waals surface area contributed by atoms with E-state index in [1.807, 2.05) is 47.7 Å². The van der Waals surface area contributed by atoms with Gasteiger partial charge >= 0.3 is 0 Å². The summed E-state index contributed by atoms with van der Waals surface area (Å²) in [7, 11) is 0. The summed E-state index contributed by atoms with van der Waals surface area (Å²) >= 11 is 1.83. The average Bonchev–Trinajstić information content (AvgIpc) is 3.59. The normalized spacial score (nSPS) is 11.9. The molecular weight excluding hydrogens is 518 g/mol. The number of hydrogen-bond donors (Lipinski definition) is 0. The van der Waals surface area contributed by atoms with Crippen LogP contribution in [0.3, 0.4) is 0 Å². The van der Waals surface area contributed by atoms with E-state index >= 15 is 0 Å². The van der Waals surface area contributed by atoms with E-state index in [-0.39, 0.29) is 0 Å². The molecule has 190 valence electrons. The third kappa shape index (κ3) is 3.35. The maximum atomic E-state index is 5.04. The minimum absolute atomic E-state index is 0.677. The van der Waals surface area contributed by atoms with Gasteiger partial charge in [0, 0.05) is 36.9 Å². The van der Waals surface area contributed by atoms with Crippen LogP contribution in [0.15, 0.2) is 127 Å². The van der Waals surface area contributed by atoms with Gasteiger partial charge in [0.2, 0.25) is 0 Å². The Morgan fingerprint density at radius 1 is 0.390 bits per heavy atom. The van der Waals surface area contributed by atoms with Gasteiger partial charge in [-0.1, -0.05) is 115 Å². The van der Waals surface area contributed by atoms with E-state index in [2.05, 4.69) is 91.0 Å². The molecule has 0 saturated heterocycles. The van der Waals surface area contributed by atoms with Crippen molar-refractivity contribution in [2.45, 2.75) is 0 Å². The van der Waals surface area contributed by atoms with Gasteiger partial charge in [-0.3, -0.25) is 0 Å². The minimum Gasteiger partial charge on any atom is -0.208 e. The lowest BCUT2D eigenvalue weighted by molar-refractivity contribution is 1.08. The van der Waals surface area contributed by atoms with E-state index in [1.54, 1.807) is 0 Å². The van der Waals surface area contributed by atoms with Gasteiger partial charge < -0.3 is 0 Å². The fraction of sp³-hybridized carbons (Fsp3) is 0. The second kappa shape index (κ2) is 8.65. The number of aromatic nitrogens is 3. The second-order valence-electron chi connectivity index (χ2n) is 10.4. The molecule has 0 atom stereocenters. The lowest BCUT2D eigenvalue weighted by atomic mass is 9.98. The first kappa shape index (κ1) is 22.6. The van der Waals surface area contributed by atoms with Crippen LogP contribution in [0.2, 0.25) is 0 Å². The van der Waals surface area contributed by atoms with Crippen molar-refractivity contribution in [1.82, 2.24) is 15.0 Å². The monoisotopic (exact) mass is 539 g/mol. The SMILES string of the molecule is c1ccc(-c2nc(-c3ccccc3)nc(-c3cccc4c3sc3cc5c6c(cccc6c34)-c3ccccc3-5)n2)cc1. The largest absolute Gasteiger partial charge is 0.208 e. The van der Waals surface area contributed by atoms with Gasteiger partial charge in [0.15, 0.2) is 17.5 Å². The number of rotatable bonds is 3. The Morgan fingerprint density at radius 3 is 1.61 bits per heavy atom. The third-order valence-corrected chi connectivity index (χ3v) is 9.25. The molecule has 0 radical (unpaired) electrons. The van der Waals surface area contributed by atoms with Crippen LogP contribution in [0.1, 0.15) is 0 Å². The predicted octanol–water partition coefficient (Wildman–Crippen LogP) is 10.0. The van der Waals surface area contributed by atoms with Gasteiger partial charge in [0.1, 0.15) is 0 Å². The molecule has 0 spiro atoms. The van der Waals surface area contributed by atoms with E-state index in [0.717, 1.165) is 16.7 Å². The fourth-order valence-corrected chi connectivity index (χ4v) is 7.53. The Hall–Kier alpha value is -5.19. The number of fused-ring (bicyclic) bond motifs is 7. The summed E-state index contributed by atoms with van der Waals surface area (Å²) < 4.78 is 2.48. The summed E-state index contributed by atoms with van der Waals surface area (Å²) in [6.07, 6.45) is 0. The molecule has 8 aromatic rings. The molecule has 0 aliphatic heterocycles. The molecule has 0 N–H and O–H groups in total. The van der Waals surface area contributed by atoms with Crippen LogP contribution in [-0.4, -0.2) is 15.0 Å². The summed E-state index contributed by atoms with van der Waals surface area (Å²) in [5.41, 5.74) is 8.26. The number of thiophene rings is 1. The summed E-state index contributed by atoms with van der Waals surface area (Å²) in [6, 6.07) is 44.7. The van der Waals surface area contributed by atoms with Gasteiger partial charge in [-0.2, -0.15) is 0 Å². The zero-order valence-corrected chi connectivity index (χ0v) is 22.7. The zero-order chi connectivity index (χ0) is 26.9. The van der Waals surface area contributed by atoms with Crippen molar-refractivity contribution in [1.29, 1.82) is 0 Å². The molecule has 0 saturated carbocycles. The molecule has 6 aromatic carbocycles. The number of hydrogen-bond acceptors (Lipinski definition) is 4. The standard InChI is InChI=1S/C37H21N3S/c1-3-11-22(12-4-1)35-38-36(23-13-5-2-6-14-23)40-37(39-35)29-20-10-19-28-33-27-18-9-17-26-24-15-7-8-16-25(24)30(32(26)27)21-31(33)41-34(28)29/h1-21H. The smallest absolute Gasteiger partial charge is 0.165 e. The van der Waals surface area contributed by atoms with Crippen molar-refractivity contribution < 1.29 is 0 Å². The van der Waals surface area contributed by atoms with Crippen LogP contribution in [0, 0.1) is 0 Å². The Bertz CT molecular complexity index is 2250. The predicted molar refractivity (Wildman–Crippen MR) is 171 cm³/mol. The van der Waals surface area contributed by atoms with Gasteiger partial charge in [0.05, 0.1) is 0 Å². The molecule has 0 fully saturated rings. The Morgan fingerprint density at radius 2 is 0.927 bits per heavy atom. The van der Waals surface area contributed by atoms with E-state index in [9.17, 15) is 0 Å². The molecule has 1 aliphatic carbocycles. The maximum Gasteiger partial charge on any atom is 0.165 e. The summed E-state index contributed by atoms with van der Waals surface area (Å²) in [5.74, 6) is 2.05. The molecule has 1 aliphatic rings. The minimum atomic E-state index is 0.677. The molecule has 2 heterocycles. The highest BCUT2D eigenvalue weighted by molar-refractivity contribution is 7.26. The van der Waals surface area contributed by atoms with Gasteiger partial charge in [-0.25, -0.2) is 15.0 Å². The molecule has 0 unspecified atom stereocenters. The highest BCUT2D eigenvalue weighted by Crippen LogP contribution is 2.52. The van der Waals surface area contributed by atoms with Gasteiger partial charge in [-0.05, 0) is 45.2 Å². The van der Waals surface area contributed by atoms with E-state index < -0.39 is 0 Å². The molecular formula is C37H21N3S. The van der Waals surface area contributed by atoms with Crippen molar-refractivity contribution in [2.24, 2.45) is 0 Å². The van der Waals surface area contributed by atoms with Crippen LogP contribution < -0.4 is 0 Å². The lowest BCUT2D eigenvalue weighted by Gasteiger charge is -2.09. The summed E-state index contributed by atoms with van der Waals surface area (Å²) in [6.45, 7) is 0. The first-order valence-electron chi connectivity index (χ1n) is 13.7. The van der Waals surface area contributed by atoms with E-state index in [4.69, 9.17) is 15.0 Å². The van der Waals surface area contributed by atoms with Crippen molar-refractivity contribution in [3.05, 3.63) is 127 Å². The summed E-state index contributed by atoms with van der Waals surface area (Å²) in [4.78, 5) is 15.0. The Kier molecular flexibility index (Phi) is 4.77. The zero-order valence-electron chi connectivity index (χ0n) is 21.9. The Balaban J connectivity index is 1.33. The number of nitrogens with zero attached hydrogens (tertiary/aromatic N) is 3. The average molecular weight is 540 g/mol. The second-order valence-corrected chi connectivity index (χ2v) is 11.4. The van der Waals surface area contributed by atoms with Crippen LogP contribution in [0.4, 0.5) is 0 Å². The highest BCUT2D eigenvalue weighted by atomic mass is 32.1. The fourth-order valence-electron chi connectivity index (χ4n) is 6.27. The first-order chi connectivity index (χ1) is 20.3. The topological polar surface area (TPSA) is 38.7 Å². The van der Waals surface area contributed by atoms with E-state index in [0.29, 0.717) is 17.5 Å². The van der Waals surface area contributed by atoms with Crippen molar-refractivity contribution in [2.75, 3.05) is 0 Å².